The number of carbonyl (C=O) groups is 2. The molecule has 0 aliphatic heterocycles. The number of fused-ring (bicyclic) bond motifs is 1. The molecule has 8 nitrogen and oxygen atoms in total. The van der Waals surface area contributed by atoms with E-state index in [1.54, 1.807) is 32.2 Å². The van der Waals surface area contributed by atoms with Gasteiger partial charge in [-0.15, -0.1) is 11.3 Å². The summed E-state index contributed by atoms with van der Waals surface area (Å²) in [6, 6.07) is 6.69. The highest BCUT2D eigenvalue weighted by Gasteiger charge is 2.24. The highest BCUT2D eigenvalue weighted by molar-refractivity contribution is 7.16. The Morgan fingerprint density at radius 1 is 1.25 bits per heavy atom. The Kier molecular flexibility index (Phi) is 5.62. The quantitative estimate of drug-likeness (QED) is 0.452. The molecule has 164 valence electrons. The zero-order chi connectivity index (χ0) is 23.0. The number of carbonyl (C=O) groups excluding carboxylic acids is 2. The van der Waals surface area contributed by atoms with Gasteiger partial charge in [-0.1, -0.05) is 0 Å². The van der Waals surface area contributed by atoms with Crippen LogP contribution in [0.2, 0.25) is 0 Å². The summed E-state index contributed by atoms with van der Waals surface area (Å²) in [4.78, 5) is 38.7. The van der Waals surface area contributed by atoms with E-state index in [2.05, 4.69) is 10.4 Å². The van der Waals surface area contributed by atoms with Gasteiger partial charge in [-0.05, 0) is 51.1 Å². The van der Waals surface area contributed by atoms with Gasteiger partial charge in [0.2, 0.25) is 0 Å². The topological polar surface area (TPSA) is 103 Å². The van der Waals surface area contributed by atoms with Gasteiger partial charge >= 0.3 is 5.97 Å². The van der Waals surface area contributed by atoms with Crippen molar-refractivity contribution >= 4 is 39.0 Å². The minimum Gasteiger partial charge on any atom is -0.466 e. The maximum absolute atomic E-state index is 13.4. The molecule has 0 atom stereocenters. The van der Waals surface area contributed by atoms with Crippen molar-refractivity contribution in [2.24, 2.45) is 0 Å². The molecule has 32 heavy (non-hydrogen) atoms. The minimum atomic E-state index is -0.717. The van der Waals surface area contributed by atoms with Crippen LogP contribution in [0.25, 0.3) is 16.5 Å². The molecule has 0 fully saturated rings. The van der Waals surface area contributed by atoms with E-state index in [1.807, 2.05) is 0 Å². The lowest BCUT2D eigenvalue weighted by molar-refractivity contribution is 0.0520. The third kappa shape index (κ3) is 3.80. The maximum Gasteiger partial charge on any atom is 0.359 e. The smallest absolute Gasteiger partial charge is 0.359 e. The monoisotopic (exact) mass is 455 g/mol. The van der Waals surface area contributed by atoms with Crippen LogP contribution in [0.3, 0.4) is 0 Å². The van der Waals surface area contributed by atoms with Gasteiger partial charge in [0.05, 0.1) is 23.2 Å². The standard InChI is InChI=1S/C22H18FN3O5S/c1-4-30-22(29)18-16-10-32-20(24-19(27)15-9-11(2)31-12(15)3)17(16)21(28)26(25-18)14-7-5-13(23)6-8-14/h5-10H,4H2,1-3H3,(H,24,27). The molecule has 0 saturated carbocycles. The number of rotatable bonds is 5. The number of aromatic nitrogens is 2. The first-order chi connectivity index (χ1) is 15.3. The lowest BCUT2D eigenvalue weighted by Gasteiger charge is -2.10. The first-order valence-electron chi connectivity index (χ1n) is 9.66. The first kappa shape index (κ1) is 21.4. The van der Waals surface area contributed by atoms with E-state index in [-0.39, 0.29) is 33.8 Å². The van der Waals surface area contributed by atoms with Gasteiger partial charge in [0.15, 0.2) is 5.69 Å². The third-order valence-corrected chi connectivity index (χ3v) is 5.60. The second kappa shape index (κ2) is 8.39. The summed E-state index contributed by atoms with van der Waals surface area (Å²) in [5.74, 6) is -0.631. The third-order valence-electron chi connectivity index (χ3n) is 4.71. The molecule has 4 rings (SSSR count). The number of hydrogen-bond donors (Lipinski definition) is 1. The molecule has 0 unspecified atom stereocenters. The van der Waals surface area contributed by atoms with E-state index in [0.29, 0.717) is 17.1 Å². The van der Waals surface area contributed by atoms with E-state index < -0.39 is 23.3 Å². The predicted molar refractivity (Wildman–Crippen MR) is 117 cm³/mol. The minimum absolute atomic E-state index is 0.0853. The fourth-order valence-electron chi connectivity index (χ4n) is 3.28. The average Bonchev–Trinajstić information content (AvgIpc) is 3.32. The van der Waals surface area contributed by atoms with E-state index in [9.17, 15) is 18.8 Å². The van der Waals surface area contributed by atoms with Gasteiger partial charge in [0, 0.05) is 10.8 Å². The lowest BCUT2D eigenvalue weighted by atomic mass is 10.2. The Bertz CT molecular complexity index is 1400. The van der Waals surface area contributed by atoms with Crippen LogP contribution in [0.5, 0.6) is 0 Å². The molecule has 1 aromatic carbocycles. The summed E-state index contributed by atoms with van der Waals surface area (Å²) in [6.07, 6.45) is 0. The number of halogens is 1. The van der Waals surface area contributed by atoms with Gasteiger partial charge in [0.1, 0.15) is 22.3 Å². The summed E-state index contributed by atoms with van der Waals surface area (Å²) in [5, 5.41) is 9.07. The number of nitrogens with one attached hydrogen (secondary N) is 1. The zero-order valence-electron chi connectivity index (χ0n) is 17.4. The van der Waals surface area contributed by atoms with Crippen LogP contribution in [0.15, 0.2) is 44.9 Å². The number of nitrogens with zero attached hydrogens (tertiary/aromatic N) is 2. The van der Waals surface area contributed by atoms with E-state index >= 15 is 0 Å². The Morgan fingerprint density at radius 2 is 1.97 bits per heavy atom. The molecule has 10 heteroatoms. The predicted octanol–water partition coefficient (Wildman–Crippen LogP) is 4.23. The molecule has 0 bridgehead atoms. The Hall–Kier alpha value is -3.79. The summed E-state index contributed by atoms with van der Waals surface area (Å²) in [5.41, 5.74) is -0.0645. The molecule has 4 aromatic rings. The molecule has 3 aromatic heterocycles. The number of anilines is 1. The van der Waals surface area contributed by atoms with Crippen molar-refractivity contribution < 1.29 is 23.1 Å². The lowest BCUT2D eigenvalue weighted by Crippen LogP contribution is -2.25. The first-order valence-corrected chi connectivity index (χ1v) is 10.5. The summed E-state index contributed by atoms with van der Waals surface area (Å²) in [7, 11) is 0. The number of esters is 1. The molecule has 3 heterocycles. The highest BCUT2D eigenvalue weighted by atomic mass is 32.1. The van der Waals surface area contributed by atoms with Gasteiger partial charge in [-0.25, -0.2) is 9.18 Å². The van der Waals surface area contributed by atoms with Gasteiger partial charge in [-0.3, -0.25) is 9.59 Å². The Labute approximate surface area is 185 Å². The Morgan fingerprint density at radius 3 is 2.59 bits per heavy atom. The Balaban J connectivity index is 1.89. The van der Waals surface area contributed by atoms with E-state index in [4.69, 9.17) is 9.15 Å². The van der Waals surface area contributed by atoms with Crippen molar-refractivity contribution in [1.29, 1.82) is 0 Å². The number of furan rings is 1. The van der Waals surface area contributed by atoms with Gasteiger partial charge in [-0.2, -0.15) is 9.78 Å². The number of thiophene rings is 1. The zero-order valence-corrected chi connectivity index (χ0v) is 18.2. The number of benzene rings is 1. The van der Waals surface area contributed by atoms with Crippen LogP contribution >= 0.6 is 11.3 Å². The molecule has 0 aliphatic rings. The van der Waals surface area contributed by atoms with Crippen LogP contribution in [0.1, 0.15) is 39.3 Å². The highest BCUT2D eigenvalue weighted by Crippen LogP contribution is 2.31. The van der Waals surface area contributed by atoms with Gasteiger partial charge in [0.25, 0.3) is 11.5 Å². The van der Waals surface area contributed by atoms with E-state index in [1.165, 1.54) is 24.3 Å². The SMILES string of the molecule is CCOC(=O)c1nn(-c2ccc(F)cc2)c(=O)c2c(NC(=O)c3cc(C)oc3C)scc12. The number of amides is 1. The normalized spacial score (nSPS) is 11.0. The largest absolute Gasteiger partial charge is 0.466 e. The van der Waals surface area contributed by atoms with Crippen LogP contribution in [-0.2, 0) is 4.74 Å². The molecule has 1 amide bonds. The molecular weight excluding hydrogens is 437 g/mol. The summed E-state index contributed by atoms with van der Waals surface area (Å²) < 4.78 is 24.9. The molecule has 0 radical (unpaired) electrons. The number of ether oxygens (including phenoxy) is 1. The van der Waals surface area contributed by atoms with Crippen LogP contribution < -0.4 is 10.9 Å². The fraction of sp³-hybridized carbons (Fsp3) is 0.182. The maximum atomic E-state index is 13.4. The number of aryl methyl sites for hydroxylation is 2. The van der Waals surface area contributed by atoms with Crippen LogP contribution in [0.4, 0.5) is 9.39 Å². The van der Waals surface area contributed by atoms with Crippen molar-refractivity contribution in [2.45, 2.75) is 20.8 Å². The second-order valence-corrected chi connectivity index (χ2v) is 7.78. The molecule has 0 saturated heterocycles. The van der Waals surface area contributed by atoms with Crippen molar-refractivity contribution in [2.75, 3.05) is 11.9 Å². The molecule has 0 aliphatic carbocycles. The number of hydrogen-bond acceptors (Lipinski definition) is 7. The summed E-state index contributed by atoms with van der Waals surface area (Å²) >= 11 is 1.08. The average molecular weight is 455 g/mol. The van der Waals surface area contributed by atoms with Crippen LogP contribution in [0, 0.1) is 19.7 Å². The molecular formula is C22H18FN3O5S. The summed E-state index contributed by atoms with van der Waals surface area (Å²) in [6.45, 7) is 5.16. The van der Waals surface area contributed by atoms with Crippen molar-refractivity contribution in [3.63, 3.8) is 0 Å². The van der Waals surface area contributed by atoms with E-state index in [0.717, 1.165) is 16.0 Å². The van der Waals surface area contributed by atoms with Crippen molar-refractivity contribution in [3.05, 3.63) is 74.7 Å². The van der Waals surface area contributed by atoms with Crippen molar-refractivity contribution in [3.8, 4) is 5.69 Å². The van der Waals surface area contributed by atoms with Gasteiger partial charge < -0.3 is 14.5 Å². The fourth-order valence-corrected chi connectivity index (χ4v) is 4.21. The van der Waals surface area contributed by atoms with Crippen molar-refractivity contribution in [1.82, 2.24) is 9.78 Å². The molecule has 1 N–H and O–H groups in total. The molecule has 0 spiro atoms. The van der Waals surface area contributed by atoms with Crippen LogP contribution in [-0.4, -0.2) is 28.3 Å². The second-order valence-electron chi connectivity index (χ2n) is 6.90.